The third-order valence-corrected chi connectivity index (χ3v) is 11.0. The number of unbranched alkanes of at least 4 members (excludes halogenated alkanes) is 13. The molecular formula is C42H71N6O5+. The van der Waals surface area contributed by atoms with Gasteiger partial charge < -0.3 is 27.4 Å². The van der Waals surface area contributed by atoms with Crippen LogP contribution in [0.25, 0.3) is 0 Å². The van der Waals surface area contributed by atoms with E-state index in [1.807, 2.05) is 6.08 Å². The third-order valence-electron chi connectivity index (χ3n) is 11.0. The zero-order chi connectivity index (χ0) is 38.4. The van der Waals surface area contributed by atoms with E-state index in [-0.39, 0.29) is 30.6 Å². The van der Waals surface area contributed by atoms with Crippen LogP contribution in [0.2, 0.25) is 0 Å². The summed E-state index contributed by atoms with van der Waals surface area (Å²) in [6.07, 6.45) is 28.8. The van der Waals surface area contributed by atoms with E-state index in [4.69, 9.17) is 11.5 Å². The molecule has 0 aromatic rings. The Morgan fingerprint density at radius 1 is 0.868 bits per heavy atom. The Hall–Kier alpha value is -3.34. The van der Waals surface area contributed by atoms with Gasteiger partial charge in [0.05, 0.1) is 6.04 Å². The van der Waals surface area contributed by atoms with E-state index < -0.39 is 36.0 Å². The normalized spacial score (nSPS) is 21.2. The Bertz CT molecular complexity index is 1290. The molecule has 0 aromatic carbocycles. The fourth-order valence-electron chi connectivity index (χ4n) is 7.71. The van der Waals surface area contributed by atoms with Crippen molar-refractivity contribution in [3.63, 3.8) is 0 Å². The molecule has 0 saturated heterocycles. The number of carbonyl (C=O) groups is 5. The lowest BCUT2D eigenvalue weighted by Gasteiger charge is -2.23. The minimum absolute atomic E-state index is 0.0536. The first-order chi connectivity index (χ1) is 25.6. The van der Waals surface area contributed by atoms with Crippen LogP contribution < -0.4 is 27.4 Å². The molecular weight excluding hydrogens is 668 g/mol. The summed E-state index contributed by atoms with van der Waals surface area (Å²) in [7, 11) is 0. The SMILES string of the molecule is CCCCCCCCCCCCCCCCNC(=O)C(CCC(N)=O)NC(=O)C1CCC2=[N+]1C(=O)C(NC(=O)C(N)CC1=CCC(C)C=C1)CCCC2. The van der Waals surface area contributed by atoms with Gasteiger partial charge in [-0.05, 0) is 44.4 Å². The smallest absolute Gasteiger partial charge is 0.370 e. The molecule has 0 aromatic heterocycles. The lowest BCUT2D eigenvalue weighted by molar-refractivity contribution is -0.470. The maximum Gasteiger partial charge on any atom is 0.409 e. The lowest BCUT2D eigenvalue weighted by Crippen LogP contribution is -2.56. The van der Waals surface area contributed by atoms with Crippen molar-refractivity contribution in [3.05, 3.63) is 23.8 Å². The zero-order valence-electron chi connectivity index (χ0n) is 32.9. The molecule has 2 aliphatic heterocycles. The third kappa shape index (κ3) is 16.3. The van der Waals surface area contributed by atoms with Gasteiger partial charge in [0.2, 0.25) is 23.8 Å². The average Bonchev–Trinajstić information content (AvgIpc) is 3.56. The van der Waals surface area contributed by atoms with Gasteiger partial charge in [0, 0.05) is 32.2 Å². The van der Waals surface area contributed by atoms with Gasteiger partial charge >= 0.3 is 5.91 Å². The second kappa shape index (κ2) is 24.9. The molecule has 5 amide bonds. The van der Waals surface area contributed by atoms with Gasteiger partial charge in [-0.3, -0.25) is 19.2 Å². The second-order valence-corrected chi connectivity index (χ2v) is 15.8. The quantitative estimate of drug-likeness (QED) is 0.0586. The predicted molar refractivity (Wildman–Crippen MR) is 211 cm³/mol. The van der Waals surface area contributed by atoms with Crippen molar-refractivity contribution in [2.24, 2.45) is 17.4 Å². The standard InChI is InChI=1S/C42H70N6O5/c1-3-4-5-6-7-8-9-10-11-12-13-14-15-18-29-45-40(51)35(26-28-38(44)49)46-41(52)37-27-25-33-19-16-17-20-36(42(53)48(33)37)47-39(50)34(43)30-32-23-21-31(2)22-24-32/h21,23-24,31,34-37H,3-20,22,25-30,43H2,1-2H3,(H4-,44,45,46,47,49,50,51,52)/p+1. The van der Waals surface area contributed by atoms with Crippen LogP contribution >= 0.6 is 0 Å². The van der Waals surface area contributed by atoms with E-state index in [9.17, 15) is 24.0 Å². The van der Waals surface area contributed by atoms with Crippen LogP contribution in [-0.2, 0) is 24.0 Å². The van der Waals surface area contributed by atoms with Crippen molar-refractivity contribution in [3.8, 4) is 0 Å². The van der Waals surface area contributed by atoms with Crippen LogP contribution in [0.1, 0.15) is 168 Å². The number of nitrogens with one attached hydrogen (secondary N) is 3. The Morgan fingerprint density at radius 3 is 2.11 bits per heavy atom. The number of nitrogens with zero attached hydrogens (tertiary/aromatic N) is 1. The maximum atomic E-state index is 14.0. The molecule has 5 atom stereocenters. The summed E-state index contributed by atoms with van der Waals surface area (Å²) >= 11 is 0. The number of primary amides is 1. The predicted octanol–water partition coefficient (Wildman–Crippen LogP) is 5.78. The zero-order valence-corrected chi connectivity index (χ0v) is 32.9. The summed E-state index contributed by atoms with van der Waals surface area (Å²) in [5, 5.41) is 8.68. The molecule has 3 rings (SSSR count). The van der Waals surface area contributed by atoms with E-state index in [2.05, 4.69) is 41.9 Å². The highest BCUT2D eigenvalue weighted by Gasteiger charge is 2.47. The summed E-state index contributed by atoms with van der Waals surface area (Å²) in [4.78, 5) is 65.8. The second-order valence-electron chi connectivity index (χ2n) is 15.8. The number of amides is 5. The molecule has 3 aliphatic rings. The molecule has 0 fully saturated rings. The first-order valence-corrected chi connectivity index (χ1v) is 21.1. The monoisotopic (exact) mass is 740 g/mol. The summed E-state index contributed by atoms with van der Waals surface area (Å²) in [6.45, 7) is 4.87. The largest absolute Gasteiger partial charge is 0.409 e. The highest BCUT2D eigenvalue weighted by molar-refractivity contribution is 5.96. The summed E-state index contributed by atoms with van der Waals surface area (Å²) in [5.74, 6) is -1.60. The number of hydrogen-bond acceptors (Lipinski definition) is 6. The van der Waals surface area contributed by atoms with Crippen LogP contribution in [0.15, 0.2) is 23.8 Å². The molecule has 11 nitrogen and oxygen atoms in total. The van der Waals surface area contributed by atoms with Gasteiger partial charge in [0.15, 0.2) is 11.8 Å². The molecule has 2 heterocycles. The highest BCUT2D eigenvalue weighted by atomic mass is 16.2. The van der Waals surface area contributed by atoms with Crippen molar-refractivity contribution in [2.45, 2.75) is 192 Å². The van der Waals surface area contributed by atoms with E-state index in [1.165, 1.54) is 70.6 Å². The molecule has 0 saturated carbocycles. The van der Waals surface area contributed by atoms with Crippen molar-refractivity contribution in [1.29, 1.82) is 0 Å². The lowest BCUT2D eigenvalue weighted by atomic mass is 9.94. The van der Waals surface area contributed by atoms with E-state index in [0.717, 1.165) is 49.8 Å². The van der Waals surface area contributed by atoms with Gasteiger partial charge in [-0.15, -0.1) is 0 Å². The van der Waals surface area contributed by atoms with Crippen LogP contribution in [-0.4, -0.2) is 70.5 Å². The van der Waals surface area contributed by atoms with Crippen molar-refractivity contribution < 1.29 is 28.5 Å². The molecule has 298 valence electrons. The van der Waals surface area contributed by atoms with Crippen molar-refractivity contribution in [1.82, 2.24) is 16.0 Å². The fraction of sp³-hybridized carbons (Fsp3) is 0.762. The van der Waals surface area contributed by atoms with Gasteiger partial charge in [-0.1, -0.05) is 128 Å². The average molecular weight is 740 g/mol. The minimum Gasteiger partial charge on any atom is -0.370 e. The first kappa shape index (κ1) is 44.1. The molecule has 0 bridgehead atoms. The molecule has 11 heteroatoms. The van der Waals surface area contributed by atoms with Gasteiger partial charge in [0.1, 0.15) is 6.04 Å². The molecule has 5 unspecified atom stereocenters. The van der Waals surface area contributed by atoms with Crippen LogP contribution in [0, 0.1) is 5.92 Å². The van der Waals surface area contributed by atoms with Crippen LogP contribution in [0.3, 0.4) is 0 Å². The van der Waals surface area contributed by atoms with Gasteiger partial charge in [0.25, 0.3) is 5.91 Å². The first-order valence-electron chi connectivity index (χ1n) is 21.1. The van der Waals surface area contributed by atoms with Crippen molar-refractivity contribution >= 4 is 35.2 Å². The van der Waals surface area contributed by atoms with Gasteiger partial charge in [-0.25, -0.2) is 4.79 Å². The molecule has 7 N–H and O–H groups in total. The summed E-state index contributed by atoms with van der Waals surface area (Å²) in [5.41, 5.74) is 13.6. The van der Waals surface area contributed by atoms with Crippen LogP contribution in [0.5, 0.6) is 0 Å². The van der Waals surface area contributed by atoms with Crippen LogP contribution in [0.4, 0.5) is 0 Å². The Morgan fingerprint density at radius 2 is 1.51 bits per heavy atom. The summed E-state index contributed by atoms with van der Waals surface area (Å²) in [6, 6.07) is -3.35. The fourth-order valence-corrected chi connectivity index (χ4v) is 7.71. The molecule has 1 aliphatic carbocycles. The maximum absolute atomic E-state index is 14.0. The minimum atomic E-state index is -0.949. The number of carbonyl (C=O) groups excluding carboxylic acids is 5. The van der Waals surface area contributed by atoms with E-state index >= 15 is 0 Å². The number of rotatable bonds is 25. The Labute approximate surface area is 319 Å². The molecule has 0 radical (unpaired) electrons. The van der Waals surface area contributed by atoms with Gasteiger partial charge in [-0.2, -0.15) is 4.58 Å². The highest BCUT2D eigenvalue weighted by Crippen LogP contribution is 2.24. The van der Waals surface area contributed by atoms with E-state index in [0.29, 0.717) is 44.6 Å². The number of hydrogen-bond donors (Lipinski definition) is 5. The molecule has 0 spiro atoms. The Kier molecular flexibility index (Phi) is 20.7. The van der Waals surface area contributed by atoms with Crippen molar-refractivity contribution in [2.75, 3.05) is 6.54 Å². The summed E-state index contributed by atoms with van der Waals surface area (Å²) < 4.78 is 1.55. The number of allylic oxidation sites excluding steroid dienone is 3. The molecule has 53 heavy (non-hydrogen) atoms. The van der Waals surface area contributed by atoms with E-state index in [1.54, 1.807) is 4.58 Å². The topological polar surface area (TPSA) is 176 Å². The number of nitrogens with two attached hydrogens (primary N) is 2. The Balaban J connectivity index is 1.46.